The molecule has 8 nitrogen and oxygen atoms in total. The lowest BCUT2D eigenvalue weighted by Crippen LogP contribution is -2.15. The van der Waals surface area contributed by atoms with Crippen molar-refractivity contribution in [2.45, 2.75) is 11.8 Å². The zero-order valence-electron chi connectivity index (χ0n) is 20.5. The van der Waals surface area contributed by atoms with Crippen molar-refractivity contribution in [3.05, 3.63) is 65.2 Å². The second-order valence-electron chi connectivity index (χ2n) is 7.48. The van der Waals surface area contributed by atoms with Crippen molar-refractivity contribution in [1.29, 1.82) is 0 Å². The third kappa shape index (κ3) is 5.63. The highest BCUT2D eigenvalue weighted by atomic mass is 32.2. The maximum atomic E-state index is 13.2. The van der Waals surface area contributed by atoms with Crippen molar-refractivity contribution >= 4 is 27.9 Å². The molecule has 0 radical (unpaired) electrons. The van der Waals surface area contributed by atoms with Gasteiger partial charge in [-0.05, 0) is 48.9 Å². The van der Waals surface area contributed by atoms with Gasteiger partial charge in [0, 0.05) is 5.56 Å². The summed E-state index contributed by atoms with van der Waals surface area (Å²) in [6.45, 7) is 1.89. The predicted octanol–water partition coefficient (Wildman–Crippen LogP) is 5.01. The molecule has 0 aliphatic rings. The lowest BCUT2D eigenvalue weighted by atomic mass is 10.1. The number of nitrogens with one attached hydrogen (secondary N) is 1. The van der Waals surface area contributed by atoms with Gasteiger partial charge in [-0.3, -0.25) is 4.72 Å². The van der Waals surface area contributed by atoms with Crippen molar-refractivity contribution in [3.8, 4) is 28.7 Å². The summed E-state index contributed by atoms with van der Waals surface area (Å²) in [5.74, 6) is 2.12. The Morgan fingerprint density at radius 3 is 1.77 bits per heavy atom. The van der Waals surface area contributed by atoms with Crippen LogP contribution in [0.1, 0.15) is 16.7 Å². The predicted molar refractivity (Wildman–Crippen MR) is 137 cm³/mol. The SMILES string of the molecule is COc1cc(C=Cc2ccc(OC)c(OC)c2NS(=O)(=O)c2ccc(C)cc2)cc(OC)c1OC. The number of methoxy groups -OCH3 is 5. The van der Waals surface area contributed by atoms with Gasteiger partial charge in [0.25, 0.3) is 10.0 Å². The van der Waals surface area contributed by atoms with E-state index in [-0.39, 0.29) is 16.3 Å². The molecule has 0 spiro atoms. The first-order valence-electron chi connectivity index (χ1n) is 10.6. The third-order valence-electron chi connectivity index (χ3n) is 5.29. The lowest BCUT2D eigenvalue weighted by molar-refractivity contribution is 0.324. The summed E-state index contributed by atoms with van der Waals surface area (Å²) in [4.78, 5) is 0.132. The first-order valence-corrected chi connectivity index (χ1v) is 12.1. The van der Waals surface area contributed by atoms with Gasteiger partial charge in [0.15, 0.2) is 23.0 Å². The van der Waals surface area contributed by atoms with Crippen LogP contribution in [-0.2, 0) is 10.0 Å². The Kier molecular flexibility index (Phi) is 8.14. The summed E-state index contributed by atoms with van der Waals surface area (Å²) in [6.07, 6.45) is 3.56. The molecule has 186 valence electrons. The molecule has 0 saturated carbocycles. The maximum Gasteiger partial charge on any atom is 0.262 e. The van der Waals surface area contributed by atoms with Gasteiger partial charge in [0.2, 0.25) is 5.75 Å². The van der Waals surface area contributed by atoms with Crippen LogP contribution in [0.4, 0.5) is 5.69 Å². The number of hydrogen-bond donors (Lipinski definition) is 1. The van der Waals surface area contributed by atoms with Crippen LogP contribution < -0.4 is 28.4 Å². The van der Waals surface area contributed by atoms with E-state index in [2.05, 4.69) is 4.72 Å². The molecule has 0 unspecified atom stereocenters. The first-order chi connectivity index (χ1) is 16.8. The first kappa shape index (κ1) is 25.8. The Hall–Kier alpha value is -3.85. The molecule has 0 heterocycles. The molecule has 35 heavy (non-hydrogen) atoms. The van der Waals surface area contributed by atoms with Crippen LogP contribution in [-0.4, -0.2) is 44.0 Å². The van der Waals surface area contributed by atoms with Crippen LogP contribution >= 0.6 is 0 Å². The second-order valence-corrected chi connectivity index (χ2v) is 9.16. The van der Waals surface area contributed by atoms with E-state index in [1.165, 1.54) is 35.5 Å². The second kappa shape index (κ2) is 11.1. The highest BCUT2D eigenvalue weighted by Gasteiger charge is 2.21. The highest BCUT2D eigenvalue weighted by Crippen LogP contribution is 2.41. The fraction of sp³-hybridized carbons (Fsp3) is 0.231. The van der Waals surface area contributed by atoms with Gasteiger partial charge in [0.05, 0.1) is 40.4 Å². The minimum Gasteiger partial charge on any atom is -0.493 e. The number of ether oxygens (including phenoxy) is 5. The Balaban J connectivity index is 2.10. The fourth-order valence-electron chi connectivity index (χ4n) is 3.48. The molecule has 9 heteroatoms. The lowest BCUT2D eigenvalue weighted by Gasteiger charge is -2.17. The van der Waals surface area contributed by atoms with E-state index < -0.39 is 10.0 Å². The zero-order chi connectivity index (χ0) is 25.6. The number of hydrogen-bond acceptors (Lipinski definition) is 7. The minimum atomic E-state index is -3.90. The Morgan fingerprint density at radius 2 is 1.26 bits per heavy atom. The van der Waals surface area contributed by atoms with Gasteiger partial charge >= 0.3 is 0 Å². The van der Waals surface area contributed by atoms with Gasteiger partial charge in [-0.25, -0.2) is 8.42 Å². The molecule has 0 aliphatic carbocycles. The quantitative estimate of drug-likeness (QED) is 0.392. The molecule has 3 aromatic carbocycles. The molecule has 1 N–H and O–H groups in total. The van der Waals surface area contributed by atoms with E-state index in [9.17, 15) is 8.42 Å². The summed E-state index contributed by atoms with van der Waals surface area (Å²) < 4.78 is 56.1. The number of anilines is 1. The number of rotatable bonds is 10. The van der Waals surface area contributed by atoms with Crippen LogP contribution in [0, 0.1) is 6.92 Å². The Morgan fingerprint density at radius 1 is 0.686 bits per heavy atom. The average Bonchev–Trinajstić information content (AvgIpc) is 2.86. The molecule has 0 atom stereocenters. The summed E-state index contributed by atoms with van der Waals surface area (Å²) in [6, 6.07) is 13.6. The van der Waals surface area contributed by atoms with Gasteiger partial charge in [-0.15, -0.1) is 0 Å². The van der Waals surface area contributed by atoms with Gasteiger partial charge < -0.3 is 23.7 Å². The van der Waals surface area contributed by atoms with Crippen LogP contribution in [0.3, 0.4) is 0 Å². The topological polar surface area (TPSA) is 92.3 Å². The van der Waals surface area contributed by atoms with Crippen molar-refractivity contribution in [1.82, 2.24) is 0 Å². The molecular weight excluding hydrogens is 470 g/mol. The van der Waals surface area contributed by atoms with E-state index in [0.717, 1.165) is 11.1 Å². The monoisotopic (exact) mass is 499 g/mol. The normalized spacial score (nSPS) is 11.3. The van der Waals surface area contributed by atoms with E-state index >= 15 is 0 Å². The minimum absolute atomic E-state index is 0.132. The van der Waals surface area contributed by atoms with Gasteiger partial charge in [-0.1, -0.05) is 29.8 Å². The van der Waals surface area contributed by atoms with Crippen molar-refractivity contribution < 1.29 is 32.1 Å². The van der Waals surface area contributed by atoms with E-state index in [1.807, 2.05) is 6.92 Å². The van der Waals surface area contributed by atoms with Crippen LogP contribution in [0.5, 0.6) is 28.7 Å². The number of aryl methyl sites for hydroxylation is 1. The molecular formula is C26H29NO7S. The molecule has 0 saturated heterocycles. The highest BCUT2D eigenvalue weighted by molar-refractivity contribution is 7.92. The summed E-state index contributed by atoms with van der Waals surface area (Å²) in [5.41, 5.74) is 2.52. The van der Waals surface area contributed by atoms with Crippen molar-refractivity contribution in [2.75, 3.05) is 40.3 Å². The van der Waals surface area contributed by atoms with E-state index in [1.54, 1.807) is 60.7 Å². The standard InChI is InChI=1S/C26H29NO7S/c1-17-7-12-20(13-8-17)35(28,29)27-24-19(11-14-21(30-2)26(24)34-6)10-9-18-15-22(31-3)25(33-5)23(16-18)32-4/h7-16,27H,1-6H3. The molecule has 0 amide bonds. The van der Waals surface area contributed by atoms with E-state index in [0.29, 0.717) is 28.6 Å². The maximum absolute atomic E-state index is 13.2. The number of benzene rings is 3. The number of sulfonamides is 1. The van der Waals surface area contributed by atoms with Crippen molar-refractivity contribution in [3.63, 3.8) is 0 Å². The summed E-state index contributed by atoms with van der Waals surface area (Å²) >= 11 is 0. The molecule has 0 aliphatic heterocycles. The van der Waals surface area contributed by atoms with Crippen LogP contribution in [0.25, 0.3) is 12.2 Å². The zero-order valence-corrected chi connectivity index (χ0v) is 21.4. The largest absolute Gasteiger partial charge is 0.493 e. The average molecular weight is 500 g/mol. The Labute approximate surface area is 206 Å². The Bertz CT molecular complexity index is 1290. The van der Waals surface area contributed by atoms with Gasteiger partial charge in [-0.2, -0.15) is 0 Å². The smallest absolute Gasteiger partial charge is 0.262 e. The summed E-state index contributed by atoms with van der Waals surface area (Å²) in [5, 5.41) is 0. The van der Waals surface area contributed by atoms with Crippen LogP contribution in [0.2, 0.25) is 0 Å². The van der Waals surface area contributed by atoms with E-state index in [4.69, 9.17) is 23.7 Å². The van der Waals surface area contributed by atoms with Crippen molar-refractivity contribution in [2.24, 2.45) is 0 Å². The molecule has 0 bridgehead atoms. The van der Waals surface area contributed by atoms with Crippen LogP contribution in [0.15, 0.2) is 53.4 Å². The molecule has 0 fully saturated rings. The third-order valence-corrected chi connectivity index (χ3v) is 6.65. The molecule has 0 aromatic heterocycles. The summed E-state index contributed by atoms with van der Waals surface area (Å²) in [7, 11) is 3.65. The van der Waals surface area contributed by atoms with Gasteiger partial charge in [0.1, 0.15) is 5.69 Å². The molecule has 3 rings (SSSR count). The fourth-order valence-corrected chi connectivity index (χ4v) is 4.57. The molecule has 3 aromatic rings.